The highest BCUT2D eigenvalue weighted by Crippen LogP contribution is 2.40. The second-order valence-corrected chi connectivity index (χ2v) is 6.60. The van der Waals surface area contributed by atoms with Crippen LogP contribution in [0.2, 0.25) is 5.02 Å². The number of methoxy groups -OCH3 is 1. The highest BCUT2D eigenvalue weighted by molar-refractivity contribution is 6.33. The molecule has 2 N–H and O–H groups in total. The minimum atomic E-state index is 0.128. The van der Waals surface area contributed by atoms with Crippen LogP contribution in [0.15, 0.2) is 18.2 Å². The lowest BCUT2D eigenvalue weighted by Gasteiger charge is -2.34. The molecule has 0 aromatic heterocycles. The van der Waals surface area contributed by atoms with E-state index in [1.54, 1.807) is 7.11 Å². The Labute approximate surface area is 133 Å². The fraction of sp³-hybridized carbons (Fsp3) is 0.647. The second kappa shape index (κ2) is 7.48. The van der Waals surface area contributed by atoms with Crippen LogP contribution in [0.3, 0.4) is 0 Å². The molecule has 0 aliphatic heterocycles. The van der Waals surface area contributed by atoms with E-state index in [4.69, 9.17) is 22.1 Å². The van der Waals surface area contributed by atoms with Gasteiger partial charge in [0, 0.05) is 25.7 Å². The normalized spacial score (nSPS) is 17.6. The summed E-state index contributed by atoms with van der Waals surface area (Å²) in [5.41, 5.74) is 8.39. The fourth-order valence-corrected chi connectivity index (χ4v) is 3.24. The van der Waals surface area contributed by atoms with Gasteiger partial charge in [0.05, 0.1) is 17.3 Å². The van der Waals surface area contributed by atoms with Gasteiger partial charge >= 0.3 is 0 Å². The first kappa shape index (κ1) is 16.6. The van der Waals surface area contributed by atoms with Crippen molar-refractivity contribution in [2.45, 2.75) is 45.2 Å². The van der Waals surface area contributed by atoms with Crippen molar-refractivity contribution in [1.29, 1.82) is 0 Å². The van der Waals surface area contributed by atoms with Gasteiger partial charge in [-0.3, -0.25) is 0 Å². The van der Waals surface area contributed by atoms with Crippen molar-refractivity contribution in [3.63, 3.8) is 0 Å². The molecule has 0 spiro atoms. The summed E-state index contributed by atoms with van der Waals surface area (Å²) in [6, 6.07) is 6.75. The second-order valence-electron chi connectivity index (χ2n) is 6.19. The zero-order valence-electron chi connectivity index (χ0n) is 13.3. The molecule has 1 aromatic carbocycles. The summed E-state index contributed by atoms with van der Waals surface area (Å²) in [6.07, 6.45) is 3.48. The summed E-state index contributed by atoms with van der Waals surface area (Å²) < 4.78 is 5.30. The molecule has 2 atom stereocenters. The summed E-state index contributed by atoms with van der Waals surface area (Å²) in [5.74, 6) is 0.779. The Morgan fingerprint density at radius 1 is 1.38 bits per heavy atom. The van der Waals surface area contributed by atoms with Gasteiger partial charge in [0.25, 0.3) is 0 Å². The first-order valence-electron chi connectivity index (χ1n) is 7.83. The smallest absolute Gasteiger partial charge is 0.0642 e. The van der Waals surface area contributed by atoms with Gasteiger partial charge in [-0.1, -0.05) is 23.7 Å². The zero-order chi connectivity index (χ0) is 15.4. The van der Waals surface area contributed by atoms with E-state index in [0.717, 1.165) is 29.6 Å². The largest absolute Gasteiger partial charge is 0.383 e. The number of halogens is 1. The lowest BCUT2D eigenvalue weighted by atomic mass is 10.0. The number of hydrogen-bond acceptors (Lipinski definition) is 3. The molecule has 1 aliphatic rings. The maximum absolute atomic E-state index is 6.53. The van der Waals surface area contributed by atoms with Crippen LogP contribution in [0.1, 0.15) is 32.3 Å². The number of benzene rings is 1. The van der Waals surface area contributed by atoms with Crippen molar-refractivity contribution in [3.8, 4) is 0 Å². The van der Waals surface area contributed by atoms with Crippen molar-refractivity contribution in [2.75, 3.05) is 25.2 Å². The van der Waals surface area contributed by atoms with Gasteiger partial charge in [-0.2, -0.15) is 0 Å². The maximum Gasteiger partial charge on any atom is 0.0642 e. The van der Waals surface area contributed by atoms with Crippen molar-refractivity contribution in [3.05, 3.63) is 28.8 Å². The Balaban J connectivity index is 2.32. The van der Waals surface area contributed by atoms with Crippen molar-refractivity contribution >= 4 is 17.3 Å². The van der Waals surface area contributed by atoms with Crippen LogP contribution in [0.5, 0.6) is 0 Å². The van der Waals surface area contributed by atoms with E-state index in [-0.39, 0.29) is 6.04 Å². The zero-order valence-corrected chi connectivity index (χ0v) is 14.1. The van der Waals surface area contributed by atoms with E-state index in [1.807, 2.05) is 19.1 Å². The number of hydrogen-bond donors (Lipinski definition) is 1. The van der Waals surface area contributed by atoms with Crippen LogP contribution in [0.4, 0.5) is 5.69 Å². The van der Waals surface area contributed by atoms with Crippen LogP contribution in [-0.2, 0) is 11.2 Å². The molecule has 118 valence electrons. The molecule has 1 aliphatic carbocycles. The lowest BCUT2D eigenvalue weighted by molar-refractivity contribution is 0.202. The van der Waals surface area contributed by atoms with E-state index < -0.39 is 0 Å². The molecule has 0 heterocycles. The molecular formula is C17H27ClN2O. The van der Waals surface area contributed by atoms with Crippen molar-refractivity contribution in [1.82, 2.24) is 0 Å². The number of ether oxygens (including phenoxy) is 1. The van der Waals surface area contributed by atoms with Gasteiger partial charge in [-0.25, -0.2) is 0 Å². The highest BCUT2D eigenvalue weighted by atomic mass is 35.5. The third-order valence-corrected chi connectivity index (χ3v) is 4.54. The number of para-hydroxylation sites is 1. The molecule has 2 rings (SSSR count). The molecule has 2 unspecified atom stereocenters. The minimum absolute atomic E-state index is 0.128. The average Bonchev–Trinajstić information content (AvgIpc) is 3.25. The Kier molecular flexibility index (Phi) is 5.91. The van der Waals surface area contributed by atoms with Crippen LogP contribution >= 0.6 is 11.6 Å². The summed E-state index contributed by atoms with van der Waals surface area (Å²) in [5, 5.41) is 0.816. The molecule has 1 aromatic rings. The van der Waals surface area contributed by atoms with Gasteiger partial charge < -0.3 is 15.4 Å². The van der Waals surface area contributed by atoms with E-state index >= 15 is 0 Å². The van der Waals surface area contributed by atoms with Crippen LogP contribution in [0.25, 0.3) is 0 Å². The third-order valence-electron chi connectivity index (χ3n) is 4.23. The molecule has 1 saturated carbocycles. The Morgan fingerprint density at radius 2 is 2.10 bits per heavy atom. The predicted molar refractivity (Wildman–Crippen MR) is 90.2 cm³/mol. The molecule has 0 bridgehead atoms. The Morgan fingerprint density at radius 3 is 2.67 bits per heavy atom. The SMILES string of the molecule is COCCN(c1c(Cl)cccc1CC(C)N)C(C)C1CC1. The highest BCUT2D eigenvalue weighted by Gasteiger charge is 2.33. The van der Waals surface area contributed by atoms with E-state index in [2.05, 4.69) is 17.9 Å². The average molecular weight is 311 g/mol. The lowest BCUT2D eigenvalue weighted by Crippen LogP contribution is -2.38. The van der Waals surface area contributed by atoms with Gasteiger partial charge in [0.2, 0.25) is 0 Å². The summed E-state index contributed by atoms with van der Waals surface area (Å²) in [7, 11) is 1.75. The molecule has 4 heteroatoms. The van der Waals surface area contributed by atoms with Gasteiger partial charge in [-0.05, 0) is 50.7 Å². The standard InChI is InChI=1S/C17H27ClN2O/c1-12(19)11-15-5-4-6-16(18)17(15)20(9-10-21-3)13(2)14-7-8-14/h4-6,12-14H,7-11,19H2,1-3H3. The number of nitrogens with two attached hydrogens (primary N) is 1. The van der Waals surface area contributed by atoms with Gasteiger partial charge in [-0.15, -0.1) is 0 Å². The van der Waals surface area contributed by atoms with Crippen molar-refractivity contribution < 1.29 is 4.74 Å². The molecule has 3 nitrogen and oxygen atoms in total. The summed E-state index contributed by atoms with van der Waals surface area (Å²) in [4.78, 5) is 2.42. The van der Waals surface area contributed by atoms with Crippen molar-refractivity contribution in [2.24, 2.45) is 11.7 Å². The van der Waals surface area contributed by atoms with E-state index in [0.29, 0.717) is 12.6 Å². The van der Waals surface area contributed by atoms with Gasteiger partial charge in [0.1, 0.15) is 0 Å². The first-order valence-corrected chi connectivity index (χ1v) is 8.21. The fourth-order valence-electron chi connectivity index (χ4n) is 2.94. The number of nitrogens with zero attached hydrogens (tertiary/aromatic N) is 1. The number of anilines is 1. The minimum Gasteiger partial charge on any atom is -0.383 e. The number of rotatable bonds is 8. The molecule has 0 radical (unpaired) electrons. The van der Waals surface area contributed by atoms with Crippen LogP contribution in [0, 0.1) is 5.92 Å². The van der Waals surface area contributed by atoms with E-state index in [1.165, 1.54) is 18.4 Å². The molecular weight excluding hydrogens is 284 g/mol. The Bertz CT molecular complexity index is 460. The molecule has 1 fully saturated rings. The Hall–Kier alpha value is -0.770. The first-order chi connectivity index (χ1) is 10.0. The van der Waals surface area contributed by atoms with Crippen LogP contribution in [-0.4, -0.2) is 32.3 Å². The molecule has 0 saturated heterocycles. The van der Waals surface area contributed by atoms with Gasteiger partial charge in [0.15, 0.2) is 0 Å². The topological polar surface area (TPSA) is 38.5 Å². The third kappa shape index (κ3) is 4.35. The summed E-state index contributed by atoms with van der Waals surface area (Å²) >= 11 is 6.53. The molecule has 21 heavy (non-hydrogen) atoms. The molecule has 0 amide bonds. The summed E-state index contributed by atoms with van der Waals surface area (Å²) in [6.45, 7) is 5.91. The van der Waals surface area contributed by atoms with Crippen LogP contribution < -0.4 is 10.6 Å². The maximum atomic E-state index is 6.53. The quantitative estimate of drug-likeness (QED) is 0.799. The monoisotopic (exact) mass is 310 g/mol. The van der Waals surface area contributed by atoms with E-state index in [9.17, 15) is 0 Å². The predicted octanol–water partition coefficient (Wildman–Crippen LogP) is 3.48.